The number of hydrogen-bond donors (Lipinski definition) is 1. The van der Waals surface area contributed by atoms with Crippen LogP contribution >= 0.6 is 0 Å². The van der Waals surface area contributed by atoms with Crippen LogP contribution in [0.15, 0.2) is 18.2 Å². The van der Waals surface area contributed by atoms with Gasteiger partial charge in [-0.05, 0) is 31.4 Å². The van der Waals surface area contributed by atoms with Crippen LogP contribution in [0.25, 0.3) is 0 Å². The van der Waals surface area contributed by atoms with Gasteiger partial charge in [0.15, 0.2) is 0 Å². The number of nitro benzene ring substituents is 1. The molecule has 0 fully saturated rings. The van der Waals surface area contributed by atoms with E-state index in [4.69, 9.17) is 4.74 Å². The van der Waals surface area contributed by atoms with E-state index in [1.54, 1.807) is 0 Å². The molecular formula is C16H24N2O4. The van der Waals surface area contributed by atoms with Gasteiger partial charge in [0.25, 0.3) is 11.6 Å². The minimum Gasteiger partial charge on any atom is -0.497 e. The zero-order valence-electron chi connectivity index (χ0n) is 13.6. The van der Waals surface area contributed by atoms with Crippen molar-refractivity contribution in [3.8, 4) is 5.75 Å². The van der Waals surface area contributed by atoms with Gasteiger partial charge in [-0.2, -0.15) is 0 Å². The van der Waals surface area contributed by atoms with Crippen molar-refractivity contribution in [2.24, 2.45) is 5.92 Å². The van der Waals surface area contributed by atoms with Crippen LogP contribution in [-0.2, 0) is 0 Å². The highest BCUT2D eigenvalue weighted by molar-refractivity contribution is 5.98. The van der Waals surface area contributed by atoms with Crippen molar-refractivity contribution in [1.82, 2.24) is 5.32 Å². The lowest BCUT2D eigenvalue weighted by atomic mass is 10.0. The SMILES string of the molecule is COc1ccc([N+](=O)[O-])c(C(=O)NC(C)CCCC(C)C)c1. The molecule has 1 unspecified atom stereocenters. The molecule has 1 aromatic carbocycles. The van der Waals surface area contributed by atoms with Crippen LogP contribution in [0, 0.1) is 16.0 Å². The molecule has 0 bridgehead atoms. The van der Waals surface area contributed by atoms with E-state index in [0.29, 0.717) is 11.7 Å². The molecule has 122 valence electrons. The van der Waals surface area contributed by atoms with E-state index in [1.807, 2.05) is 6.92 Å². The first kappa shape index (κ1) is 17.9. The molecule has 0 aliphatic rings. The molecule has 0 spiro atoms. The van der Waals surface area contributed by atoms with Crippen LogP contribution in [0.4, 0.5) is 5.69 Å². The number of amides is 1. The van der Waals surface area contributed by atoms with E-state index in [-0.39, 0.29) is 17.3 Å². The highest BCUT2D eigenvalue weighted by Gasteiger charge is 2.22. The first-order valence-electron chi connectivity index (χ1n) is 7.48. The van der Waals surface area contributed by atoms with Gasteiger partial charge in [-0.15, -0.1) is 0 Å². The lowest BCUT2D eigenvalue weighted by molar-refractivity contribution is -0.385. The second-order valence-electron chi connectivity index (χ2n) is 5.84. The van der Waals surface area contributed by atoms with E-state index in [0.717, 1.165) is 19.3 Å². The van der Waals surface area contributed by atoms with Crippen LogP contribution in [0.1, 0.15) is 50.4 Å². The number of nitrogens with zero attached hydrogens (tertiary/aromatic N) is 1. The highest BCUT2D eigenvalue weighted by Crippen LogP contribution is 2.24. The molecule has 0 aromatic heterocycles. The maximum absolute atomic E-state index is 12.3. The molecule has 1 aromatic rings. The first-order chi connectivity index (χ1) is 10.3. The summed E-state index contributed by atoms with van der Waals surface area (Å²) in [4.78, 5) is 22.8. The summed E-state index contributed by atoms with van der Waals surface area (Å²) < 4.78 is 5.03. The number of nitrogens with one attached hydrogen (secondary N) is 1. The number of hydrogen-bond acceptors (Lipinski definition) is 4. The molecule has 0 saturated carbocycles. The summed E-state index contributed by atoms with van der Waals surface area (Å²) >= 11 is 0. The number of methoxy groups -OCH3 is 1. The van der Waals surface area contributed by atoms with Gasteiger partial charge in [0.05, 0.1) is 12.0 Å². The molecule has 0 aliphatic heterocycles. The lowest BCUT2D eigenvalue weighted by Crippen LogP contribution is -2.33. The predicted octanol–water partition coefficient (Wildman–Crippen LogP) is 3.55. The minimum atomic E-state index is -0.558. The van der Waals surface area contributed by atoms with Crippen LogP contribution in [0.2, 0.25) is 0 Å². The first-order valence-corrected chi connectivity index (χ1v) is 7.48. The largest absolute Gasteiger partial charge is 0.497 e. The van der Waals surface area contributed by atoms with Crippen LogP contribution in [0.3, 0.4) is 0 Å². The molecule has 1 rings (SSSR count). The Morgan fingerprint density at radius 3 is 2.55 bits per heavy atom. The van der Waals surface area contributed by atoms with Crippen LogP contribution in [0.5, 0.6) is 5.75 Å². The Morgan fingerprint density at radius 1 is 1.32 bits per heavy atom. The minimum absolute atomic E-state index is 0.0278. The average Bonchev–Trinajstić information content (AvgIpc) is 2.45. The molecule has 22 heavy (non-hydrogen) atoms. The highest BCUT2D eigenvalue weighted by atomic mass is 16.6. The average molecular weight is 308 g/mol. The van der Waals surface area contributed by atoms with E-state index in [9.17, 15) is 14.9 Å². The molecule has 1 amide bonds. The Labute approximate surface area is 131 Å². The summed E-state index contributed by atoms with van der Waals surface area (Å²) in [5, 5.41) is 13.9. The molecule has 1 atom stereocenters. The van der Waals surface area contributed by atoms with Crippen molar-refractivity contribution < 1.29 is 14.5 Å². The van der Waals surface area contributed by atoms with E-state index >= 15 is 0 Å². The second kappa shape index (κ2) is 8.36. The number of carbonyl (C=O) groups is 1. The second-order valence-corrected chi connectivity index (χ2v) is 5.84. The number of nitro groups is 1. The molecular weight excluding hydrogens is 284 g/mol. The van der Waals surface area contributed by atoms with Gasteiger partial charge < -0.3 is 10.1 Å². The van der Waals surface area contributed by atoms with Crippen LogP contribution in [-0.4, -0.2) is 24.0 Å². The van der Waals surface area contributed by atoms with Gasteiger partial charge in [0, 0.05) is 12.1 Å². The molecule has 0 saturated heterocycles. The maximum Gasteiger partial charge on any atom is 0.282 e. The van der Waals surface area contributed by atoms with Gasteiger partial charge in [-0.3, -0.25) is 14.9 Å². The summed E-state index contributed by atoms with van der Waals surface area (Å²) in [6.45, 7) is 6.22. The summed E-state index contributed by atoms with van der Waals surface area (Å²) in [5.41, 5.74) is -0.187. The van der Waals surface area contributed by atoms with Crippen LogP contribution < -0.4 is 10.1 Å². The third-order valence-corrected chi connectivity index (χ3v) is 3.44. The molecule has 0 heterocycles. The fourth-order valence-corrected chi connectivity index (χ4v) is 2.19. The van der Waals surface area contributed by atoms with Gasteiger partial charge in [0.2, 0.25) is 0 Å². The normalized spacial score (nSPS) is 12.0. The topological polar surface area (TPSA) is 81.5 Å². The monoisotopic (exact) mass is 308 g/mol. The molecule has 6 nitrogen and oxygen atoms in total. The Hall–Kier alpha value is -2.11. The lowest BCUT2D eigenvalue weighted by Gasteiger charge is -2.15. The number of rotatable bonds is 8. The van der Waals surface area contributed by atoms with Crippen molar-refractivity contribution in [2.45, 2.75) is 46.1 Å². The fourth-order valence-electron chi connectivity index (χ4n) is 2.19. The molecule has 0 aliphatic carbocycles. The maximum atomic E-state index is 12.3. The Bertz CT molecular complexity index is 529. The Morgan fingerprint density at radius 2 is 2.00 bits per heavy atom. The van der Waals surface area contributed by atoms with E-state index < -0.39 is 10.8 Å². The van der Waals surface area contributed by atoms with E-state index in [2.05, 4.69) is 19.2 Å². The van der Waals surface area contributed by atoms with Gasteiger partial charge in [0.1, 0.15) is 11.3 Å². The van der Waals surface area contributed by atoms with Crippen molar-refractivity contribution >= 4 is 11.6 Å². The van der Waals surface area contributed by atoms with Crippen molar-refractivity contribution in [3.63, 3.8) is 0 Å². The zero-order chi connectivity index (χ0) is 16.7. The Balaban J connectivity index is 2.77. The van der Waals surface area contributed by atoms with E-state index in [1.165, 1.54) is 25.3 Å². The third-order valence-electron chi connectivity index (χ3n) is 3.44. The van der Waals surface area contributed by atoms with Gasteiger partial charge >= 0.3 is 0 Å². The predicted molar refractivity (Wildman–Crippen MR) is 85.3 cm³/mol. The standard InChI is InChI=1S/C16H24N2O4/c1-11(2)6-5-7-12(3)17-16(19)14-10-13(22-4)8-9-15(14)18(20)21/h8-12H,5-7H2,1-4H3,(H,17,19). The van der Waals surface area contributed by atoms with Crippen molar-refractivity contribution in [2.75, 3.05) is 7.11 Å². The third kappa shape index (κ3) is 5.35. The summed E-state index contributed by atoms with van der Waals surface area (Å²) in [5.74, 6) is 0.605. The molecule has 6 heteroatoms. The number of benzene rings is 1. The summed E-state index contributed by atoms with van der Waals surface area (Å²) in [6.07, 6.45) is 2.96. The van der Waals surface area contributed by atoms with Crippen molar-refractivity contribution in [3.05, 3.63) is 33.9 Å². The van der Waals surface area contributed by atoms with Crippen molar-refractivity contribution in [1.29, 1.82) is 0 Å². The smallest absolute Gasteiger partial charge is 0.282 e. The quantitative estimate of drug-likeness (QED) is 0.588. The number of ether oxygens (including phenoxy) is 1. The van der Waals surface area contributed by atoms with Gasteiger partial charge in [-0.1, -0.05) is 26.7 Å². The fraction of sp³-hybridized carbons (Fsp3) is 0.562. The Kier molecular flexibility index (Phi) is 6.82. The number of carbonyl (C=O) groups excluding carboxylic acids is 1. The zero-order valence-corrected chi connectivity index (χ0v) is 13.6. The van der Waals surface area contributed by atoms with Gasteiger partial charge in [-0.25, -0.2) is 0 Å². The molecule has 1 N–H and O–H groups in total. The molecule has 0 radical (unpaired) electrons. The summed E-state index contributed by atoms with van der Waals surface area (Å²) in [6, 6.07) is 4.13. The summed E-state index contributed by atoms with van der Waals surface area (Å²) in [7, 11) is 1.46.